The quantitative estimate of drug-likeness (QED) is 0.450. The van der Waals surface area contributed by atoms with Gasteiger partial charge in [0.25, 0.3) is 0 Å². The Bertz CT molecular complexity index is 968. The lowest BCUT2D eigenvalue weighted by Gasteiger charge is -2.29. The van der Waals surface area contributed by atoms with Gasteiger partial charge in [0.05, 0.1) is 5.41 Å². The van der Waals surface area contributed by atoms with Gasteiger partial charge in [0.2, 0.25) is 11.8 Å². The van der Waals surface area contributed by atoms with Crippen molar-refractivity contribution in [1.29, 1.82) is 0 Å². The third-order valence-corrected chi connectivity index (χ3v) is 4.85. The number of hydrogen-bond acceptors (Lipinski definition) is 4. The second-order valence-electron chi connectivity index (χ2n) is 9.14. The minimum atomic E-state index is -0.798. The lowest BCUT2D eigenvalue weighted by molar-refractivity contribution is -0.160. The van der Waals surface area contributed by atoms with Crippen molar-refractivity contribution in [1.82, 2.24) is 0 Å². The van der Waals surface area contributed by atoms with Gasteiger partial charge in [-0.05, 0) is 82.5 Å². The highest BCUT2D eigenvalue weighted by Gasteiger charge is 2.34. The van der Waals surface area contributed by atoms with Crippen molar-refractivity contribution < 1.29 is 19.1 Å². The van der Waals surface area contributed by atoms with E-state index in [-0.39, 0.29) is 17.8 Å². The van der Waals surface area contributed by atoms with E-state index in [9.17, 15) is 14.4 Å². The number of benzene rings is 2. The molecule has 2 aromatic carbocycles. The van der Waals surface area contributed by atoms with E-state index >= 15 is 0 Å². The fourth-order valence-electron chi connectivity index (χ4n) is 2.92. The minimum Gasteiger partial charge on any atom is -0.459 e. The fourth-order valence-corrected chi connectivity index (χ4v) is 2.92. The second-order valence-corrected chi connectivity index (χ2v) is 9.14. The average Bonchev–Trinajstić information content (AvgIpc) is 2.72. The van der Waals surface area contributed by atoms with E-state index in [4.69, 9.17) is 4.74 Å². The Hall–Kier alpha value is -3.41. The molecular weight excluding hydrogens is 404 g/mol. The number of rotatable bonds is 8. The maximum absolute atomic E-state index is 12.5. The molecule has 2 rings (SSSR count). The first kappa shape index (κ1) is 24.9. The van der Waals surface area contributed by atoms with Crippen molar-refractivity contribution in [3.8, 4) is 0 Å². The van der Waals surface area contributed by atoms with Gasteiger partial charge in [0.1, 0.15) is 5.60 Å². The van der Waals surface area contributed by atoms with Gasteiger partial charge < -0.3 is 15.4 Å². The molecule has 0 spiro atoms. The Labute approximate surface area is 190 Å². The van der Waals surface area contributed by atoms with Crippen LogP contribution in [0.4, 0.5) is 11.4 Å². The maximum Gasteiger partial charge on any atom is 0.316 e. The smallest absolute Gasteiger partial charge is 0.316 e. The Morgan fingerprint density at radius 2 is 1.41 bits per heavy atom. The van der Waals surface area contributed by atoms with Gasteiger partial charge in [-0.25, -0.2) is 0 Å². The predicted molar refractivity (Wildman–Crippen MR) is 128 cm³/mol. The van der Waals surface area contributed by atoms with Crippen LogP contribution in [0.15, 0.2) is 61.2 Å². The SMILES string of the molecule is C=CC(=O)Nc1ccc(CCC(=O)Nc2ccc(C(C)(C)C(=O)OC(C)(C)C)cc2)cc1. The molecule has 0 aliphatic rings. The van der Waals surface area contributed by atoms with E-state index in [1.54, 1.807) is 24.3 Å². The topological polar surface area (TPSA) is 84.5 Å². The molecule has 170 valence electrons. The molecule has 2 amide bonds. The molecule has 0 aromatic heterocycles. The number of carbonyl (C=O) groups is 3. The van der Waals surface area contributed by atoms with Crippen molar-refractivity contribution in [3.05, 3.63) is 72.3 Å². The summed E-state index contributed by atoms with van der Waals surface area (Å²) in [6.45, 7) is 12.6. The summed E-state index contributed by atoms with van der Waals surface area (Å²) >= 11 is 0. The molecule has 0 radical (unpaired) electrons. The van der Waals surface area contributed by atoms with Crippen LogP contribution in [0, 0.1) is 0 Å². The number of aryl methyl sites for hydroxylation is 1. The zero-order valence-corrected chi connectivity index (χ0v) is 19.5. The largest absolute Gasteiger partial charge is 0.459 e. The Morgan fingerprint density at radius 1 is 0.875 bits per heavy atom. The van der Waals surface area contributed by atoms with Crippen LogP contribution in [0.2, 0.25) is 0 Å². The first-order valence-corrected chi connectivity index (χ1v) is 10.6. The van der Waals surface area contributed by atoms with Crippen molar-refractivity contribution in [2.24, 2.45) is 0 Å². The normalized spacial score (nSPS) is 11.4. The average molecular weight is 437 g/mol. The van der Waals surface area contributed by atoms with Crippen LogP contribution in [0.1, 0.15) is 52.2 Å². The summed E-state index contributed by atoms with van der Waals surface area (Å²) in [4.78, 5) is 36.2. The molecule has 0 aliphatic heterocycles. The van der Waals surface area contributed by atoms with Crippen LogP contribution in [-0.2, 0) is 31.0 Å². The number of amides is 2. The molecule has 2 N–H and O–H groups in total. The van der Waals surface area contributed by atoms with Crippen LogP contribution in [-0.4, -0.2) is 23.4 Å². The molecule has 0 heterocycles. The number of nitrogens with one attached hydrogen (secondary N) is 2. The summed E-state index contributed by atoms with van der Waals surface area (Å²) in [6, 6.07) is 14.6. The lowest BCUT2D eigenvalue weighted by atomic mass is 9.84. The number of ether oxygens (including phenoxy) is 1. The minimum absolute atomic E-state index is 0.104. The van der Waals surface area contributed by atoms with Crippen LogP contribution in [0.25, 0.3) is 0 Å². The van der Waals surface area contributed by atoms with E-state index in [1.165, 1.54) is 6.08 Å². The molecule has 6 heteroatoms. The molecule has 0 saturated carbocycles. The lowest BCUT2D eigenvalue weighted by Crippen LogP contribution is -2.36. The standard InChI is InChI=1S/C26H32N2O4/c1-7-22(29)27-20-13-8-18(9-14-20)10-17-23(30)28-21-15-11-19(12-16-21)26(5,6)24(31)32-25(2,3)4/h7-9,11-16H,1,10,17H2,2-6H3,(H,27,29)(H,28,30). The summed E-state index contributed by atoms with van der Waals surface area (Å²) in [5.74, 6) is -0.664. The Morgan fingerprint density at radius 3 is 1.94 bits per heavy atom. The van der Waals surface area contributed by atoms with Gasteiger partial charge in [-0.3, -0.25) is 14.4 Å². The molecule has 0 saturated heterocycles. The van der Waals surface area contributed by atoms with Crippen molar-refractivity contribution in [3.63, 3.8) is 0 Å². The van der Waals surface area contributed by atoms with Crippen molar-refractivity contribution >= 4 is 29.2 Å². The fraction of sp³-hybridized carbons (Fsp3) is 0.346. The molecule has 32 heavy (non-hydrogen) atoms. The van der Waals surface area contributed by atoms with Gasteiger partial charge in [0, 0.05) is 17.8 Å². The van der Waals surface area contributed by atoms with Gasteiger partial charge in [-0.2, -0.15) is 0 Å². The van der Waals surface area contributed by atoms with Crippen LogP contribution >= 0.6 is 0 Å². The van der Waals surface area contributed by atoms with Gasteiger partial charge >= 0.3 is 5.97 Å². The van der Waals surface area contributed by atoms with E-state index in [1.807, 2.05) is 58.9 Å². The Kier molecular flexibility index (Phi) is 7.97. The monoisotopic (exact) mass is 436 g/mol. The van der Waals surface area contributed by atoms with Gasteiger partial charge in [0.15, 0.2) is 0 Å². The third-order valence-electron chi connectivity index (χ3n) is 4.85. The molecule has 6 nitrogen and oxygen atoms in total. The van der Waals surface area contributed by atoms with E-state index in [0.29, 0.717) is 24.2 Å². The zero-order valence-electron chi connectivity index (χ0n) is 19.5. The van der Waals surface area contributed by atoms with Crippen molar-refractivity contribution in [2.45, 2.75) is 58.5 Å². The van der Waals surface area contributed by atoms with Gasteiger partial charge in [-0.1, -0.05) is 30.8 Å². The molecule has 0 aliphatic carbocycles. The molecular formula is C26H32N2O4. The first-order chi connectivity index (χ1) is 14.9. The first-order valence-electron chi connectivity index (χ1n) is 10.6. The summed E-state index contributed by atoms with van der Waals surface area (Å²) in [7, 11) is 0. The van der Waals surface area contributed by atoms with E-state index in [0.717, 1.165) is 11.1 Å². The molecule has 0 bridgehead atoms. The summed E-state index contributed by atoms with van der Waals surface area (Å²) in [5, 5.41) is 5.56. The summed E-state index contributed by atoms with van der Waals surface area (Å²) in [5.41, 5.74) is 1.80. The number of esters is 1. The highest BCUT2D eigenvalue weighted by molar-refractivity contribution is 5.98. The number of anilines is 2. The number of hydrogen-bond donors (Lipinski definition) is 2. The summed E-state index contributed by atoms with van der Waals surface area (Å²) in [6.07, 6.45) is 2.11. The van der Waals surface area contributed by atoms with E-state index in [2.05, 4.69) is 17.2 Å². The molecule has 0 unspecified atom stereocenters. The molecule has 2 aromatic rings. The van der Waals surface area contributed by atoms with Crippen LogP contribution < -0.4 is 10.6 Å². The van der Waals surface area contributed by atoms with Crippen LogP contribution in [0.5, 0.6) is 0 Å². The maximum atomic E-state index is 12.5. The molecule has 0 fully saturated rings. The Balaban J connectivity index is 1.90. The molecule has 0 atom stereocenters. The third kappa shape index (κ3) is 7.38. The van der Waals surface area contributed by atoms with E-state index < -0.39 is 11.0 Å². The highest BCUT2D eigenvalue weighted by Crippen LogP contribution is 2.28. The number of carbonyl (C=O) groups excluding carboxylic acids is 3. The van der Waals surface area contributed by atoms with Crippen LogP contribution in [0.3, 0.4) is 0 Å². The highest BCUT2D eigenvalue weighted by atomic mass is 16.6. The predicted octanol–water partition coefficient (Wildman–Crippen LogP) is 5.00. The van der Waals surface area contributed by atoms with Crippen molar-refractivity contribution in [2.75, 3.05) is 10.6 Å². The van der Waals surface area contributed by atoms with Gasteiger partial charge in [-0.15, -0.1) is 0 Å². The second kappa shape index (κ2) is 10.3. The zero-order chi connectivity index (χ0) is 23.9. The summed E-state index contributed by atoms with van der Waals surface area (Å²) < 4.78 is 5.52.